The van der Waals surface area contributed by atoms with Crippen LogP contribution in [0.4, 0.5) is 14.9 Å². The number of nitrogens with one attached hydrogen (secondary N) is 2. The molecule has 144 valence electrons. The number of benzene rings is 2. The van der Waals surface area contributed by atoms with Gasteiger partial charge in [-0.3, -0.25) is 0 Å². The summed E-state index contributed by atoms with van der Waals surface area (Å²) in [5, 5.41) is 5.63. The number of nitrogens with zero attached hydrogens (tertiary/aromatic N) is 1. The molecule has 8 heteroatoms. The van der Waals surface area contributed by atoms with Crippen LogP contribution in [0.5, 0.6) is 0 Å². The van der Waals surface area contributed by atoms with Crippen molar-refractivity contribution in [1.29, 1.82) is 0 Å². The zero-order chi connectivity index (χ0) is 19.4. The minimum Gasteiger partial charge on any atom is -0.335 e. The monoisotopic (exact) mass is 391 g/mol. The van der Waals surface area contributed by atoms with Gasteiger partial charge in [0.25, 0.3) is 0 Å². The van der Waals surface area contributed by atoms with E-state index in [0.717, 1.165) is 6.07 Å². The maximum absolute atomic E-state index is 13.3. The number of anilines is 1. The van der Waals surface area contributed by atoms with Crippen molar-refractivity contribution in [3.8, 4) is 0 Å². The number of rotatable bonds is 4. The van der Waals surface area contributed by atoms with Crippen LogP contribution in [0.15, 0.2) is 53.4 Å². The maximum Gasteiger partial charge on any atom is 0.319 e. The molecule has 1 aliphatic rings. The van der Waals surface area contributed by atoms with E-state index < -0.39 is 15.8 Å². The molecular weight excluding hydrogens is 369 g/mol. The van der Waals surface area contributed by atoms with Crippen molar-refractivity contribution >= 4 is 21.7 Å². The fraction of sp³-hybridized carbons (Fsp3) is 0.316. The Morgan fingerprint density at radius 3 is 2.41 bits per heavy atom. The van der Waals surface area contributed by atoms with Crippen molar-refractivity contribution in [3.05, 3.63) is 59.9 Å². The Morgan fingerprint density at radius 2 is 1.78 bits per heavy atom. The summed E-state index contributed by atoms with van der Waals surface area (Å²) in [5.74, 6) is -0.459. The van der Waals surface area contributed by atoms with Crippen molar-refractivity contribution in [1.82, 2.24) is 9.62 Å². The van der Waals surface area contributed by atoms with E-state index in [1.807, 2.05) is 18.2 Å². The number of halogens is 1. The lowest BCUT2D eigenvalue weighted by Gasteiger charge is -2.32. The van der Waals surface area contributed by atoms with Crippen LogP contribution in [0.1, 0.15) is 18.4 Å². The van der Waals surface area contributed by atoms with Crippen molar-refractivity contribution < 1.29 is 17.6 Å². The summed E-state index contributed by atoms with van der Waals surface area (Å²) in [4.78, 5) is 12.2. The third kappa shape index (κ3) is 4.64. The van der Waals surface area contributed by atoms with Crippen LogP contribution in [0, 0.1) is 12.7 Å². The molecule has 1 fully saturated rings. The molecule has 0 aliphatic carbocycles. The van der Waals surface area contributed by atoms with Gasteiger partial charge in [-0.15, -0.1) is 0 Å². The molecule has 0 saturated carbocycles. The topological polar surface area (TPSA) is 78.5 Å². The normalized spacial score (nSPS) is 16.1. The summed E-state index contributed by atoms with van der Waals surface area (Å²) < 4.78 is 40.2. The third-order valence-electron chi connectivity index (χ3n) is 4.58. The Morgan fingerprint density at radius 1 is 1.11 bits per heavy atom. The number of amides is 2. The van der Waals surface area contributed by atoms with E-state index in [9.17, 15) is 17.6 Å². The minimum absolute atomic E-state index is 0.102. The van der Waals surface area contributed by atoms with Gasteiger partial charge < -0.3 is 10.6 Å². The second-order valence-electron chi connectivity index (χ2n) is 6.55. The summed E-state index contributed by atoms with van der Waals surface area (Å²) >= 11 is 0. The van der Waals surface area contributed by atoms with Crippen molar-refractivity contribution in [3.63, 3.8) is 0 Å². The molecule has 3 rings (SSSR count). The molecule has 2 N–H and O–H groups in total. The van der Waals surface area contributed by atoms with E-state index in [2.05, 4.69) is 10.6 Å². The van der Waals surface area contributed by atoms with E-state index in [0.29, 0.717) is 37.2 Å². The first-order chi connectivity index (χ1) is 12.9. The van der Waals surface area contributed by atoms with Crippen LogP contribution in [-0.4, -0.2) is 37.9 Å². The van der Waals surface area contributed by atoms with Crippen LogP contribution in [0.3, 0.4) is 0 Å². The van der Waals surface area contributed by atoms with Gasteiger partial charge in [0, 0.05) is 24.8 Å². The molecule has 0 atom stereocenters. The van der Waals surface area contributed by atoms with Gasteiger partial charge in [-0.1, -0.05) is 18.2 Å². The number of urea groups is 1. The smallest absolute Gasteiger partial charge is 0.319 e. The zero-order valence-corrected chi connectivity index (χ0v) is 15.8. The number of para-hydroxylation sites is 1. The third-order valence-corrected chi connectivity index (χ3v) is 6.63. The lowest BCUT2D eigenvalue weighted by Crippen LogP contribution is -2.47. The molecule has 2 aromatic rings. The molecule has 1 aliphatic heterocycles. The molecule has 1 saturated heterocycles. The van der Waals surface area contributed by atoms with Gasteiger partial charge in [0.2, 0.25) is 10.0 Å². The number of sulfonamides is 1. The highest BCUT2D eigenvalue weighted by molar-refractivity contribution is 7.89. The SMILES string of the molecule is Cc1cc(F)ccc1S(=O)(=O)N1CCC(NC(=O)Nc2ccccc2)CC1. The molecule has 0 unspecified atom stereocenters. The lowest BCUT2D eigenvalue weighted by atomic mass is 10.1. The molecule has 0 bridgehead atoms. The number of piperidine rings is 1. The van der Waals surface area contributed by atoms with E-state index in [1.165, 1.54) is 16.4 Å². The Hall–Kier alpha value is -2.45. The van der Waals surface area contributed by atoms with Crippen molar-refractivity contribution in [2.45, 2.75) is 30.7 Å². The lowest BCUT2D eigenvalue weighted by molar-refractivity contribution is 0.238. The highest BCUT2D eigenvalue weighted by Crippen LogP contribution is 2.24. The molecule has 0 radical (unpaired) electrons. The predicted molar refractivity (Wildman–Crippen MR) is 102 cm³/mol. The summed E-state index contributed by atoms with van der Waals surface area (Å²) in [7, 11) is -3.67. The zero-order valence-electron chi connectivity index (χ0n) is 15.0. The molecule has 0 aromatic heterocycles. The van der Waals surface area contributed by atoms with Crippen molar-refractivity contribution in [2.75, 3.05) is 18.4 Å². The maximum atomic E-state index is 13.3. The quantitative estimate of drug-likeness (QED) is 0.841. The number of hydrogen-bond acceptors (Lipinski definition) is 3. The van der Waals surface area contributed by atoms with Gasteiger partial charge in [-0.05, 0) is 55.7 Å². The van der Waals surface area contributed by atoms with Crippen molar-refractivity contribution in [2.24, 2.45) is 0 Å². The first kappa shape index (κ1) is 19.3. The Bertz CT molecular complexity index is 911. The fourth-order valence-corrected chi connectivity index (χ4v) is 4.83. The van der Waals surface area contributed by atoms with Crippen LogP contribution < -0.4 is 10.6 Å². The summed E-state index contributed by atoms with van der Waals surface area (Å²) in [6, 6.07) is 12.4. The van der Waals surface area contributed by atoms with Gasteiger partial charge in [-0.25, -0.2) is 17.6 Å². The minimum atomic E-state index is -3.67. The highest BCUT2D eigenvalue weighted by atomic mass is 32.2. The summed E-state index contributed by atoms with van der Waals surface area (Å²) in [5.41, 5.74) is 1.08. The molecule has 1 heterocycles. The van der Waals surface area contributed by atoms with Gasteiger partial charge >= 0.3 is 6.03 Å². The standard InChI is InChI=1S/C19H22FN3O3S/c1-14-13-15(20)7-8-18(14)27(25,26)23-11-9-17(10-12-23)22-19(24)21-16-5-3-2-4-6-16/h2-8,13,17H,9-12H2,1H3,(H2,21,22,24). The van der Waals surface area contributed by atoms with E-state index in [-0.39, 0.29) is 17.0 Å². The average Bonchev–Trinajstić information content (AvgIpc) is 2.62. The van der Waals surface area contributed by atoms with E-state index >= 15 is 0 Å². The Labute approximate surface area is 158 Å². The second kappa shape index (κ2) is 8.06. The van der Waals surface area contributed by atoms with Crippen LogP contribution in [0.2, 0.25) is 0 Å². The first-order valence-corrected chi connectivity index (χ1v) is 10.2. The highest BCUT2D eigenvalue weighted by Gasteiger charge is 2.31. The van der Waals surface area contributed by atoms with Crippen LogP contribution in [-0.2, 0) is 10.0 Å². The predicted octanol–water partition coefficient (Wildman–Crippen LogP) is 3.11. The van der Waals surface area contributed by atoms with Gasteiger partial charge in [0.05, 0.1) is 4.90 Å². The van der Waals surface area contributed by atoms with Gasteiger partial charge in [0.1, 0.15) is 5.82 Å². The first-order valence-electron chi connectivity index (χ1n) is 8.75. The summed E-state index contributed by atoms with van der Waals surface area (Å²) in [6.07, 6.45) is 1.03. The molecule has 6 nitrogen and oxygen atoms in total. The Kier molecular flexibility index (Phi) is 5.76. The summed E-state index contributed by atoms with van der Waals surface area (Å²) in [6.45, 7) is 2.18. The number of carbonyl (C=O) groups is 1. The molecule has 2 aromatic carbocycles. The van der Waals surface area contributed by atoms with Gasteiger partial charge in [-0.2, -0.15) is 4.31 Å². The average molecular weight is 391 g/mol. The second-order valence-corrected chi connectivity index (χ2v) is 8.46. The van der Waals surface area contributed by atoms with E-state index in [1.54, 1.807) is 19.1 Å². The molecule has 0 spiro atoms. The van der Waals surface area contributed by atoms with E-state index in [4.69, 9.17) is 0 Å². The number of carbonyl (C=O) groups excluding carboxylic acids is 1. The van der Waals surface area contributed by atoms with Crippen LogP contribution in [0.25, 0.3) is 0 Å². The molecular formula is C19H22FN3O3S. The number of hydrogen-bond donors (Lipinski definition) is 2. The Balaban J connectivity index is 1.57. The largest absolute Gasteiger partial charge is 0.335 e. The number of aryl methyl sites for hydroxylation is 1. The molecule has 2 amide bonds. The molecule has 27 heavy (non-hydrogen) atoms. The van der Waals surface area contributed by atoms with Gasteiger partial charge in [0.15, 0.2) is 0 Å². The fourth-order valence-electron chi connectivity index (χ4n) is 3.16. The van der Waals surface area contributed by atoms with Crippen LogP contribution >= 0.6 is 0 Å².